The number of ketones is 1. The van der Waals surface area contributed by atoms with Gasteiger partial charge in [0.15, 0.2) is 11.5 Å². The Labute approximate surface area is 239 Å². The van der Waals surface area contributed by atoms with Crippen LogP contribution >= 0.6 is 23.2 Å². The molecule has 216 valence electrons. The molecule has 1 N–H and O–H groups in total. The quantitative estimate of drug-likeness (QED) is 0.321. The summed E-state index contributed by atoms with van der Waals surface area (Å²) in [5, 5.41) is 22.8. The number of nitriles is 1. The van der Waals surface area contributed by atoms with Crippen LogP contribution in [0.3, 0.4) is 0 Å². The van der Waals surface area contributed by atoms with Gasteiger partial charge >= 0.3 is 12.1 Å². The maximum atomic E-state index is 14.4. The Bertz CT molecular complexity index is 1320. The van der Waals surface area contributed by atoms with Gasteiger partial charge in [0.25, 0.3) is 5.91 Å². The maximum absolute atomic E-state index is 14.4. The van der Waals surface area contributed by atoms with Gasteiger partial charge in [-0.15, -0.1) is 0 Å². The van der Waals surface area contributed by atoms with Crippen LogP contribution in [0.4, 0.5) is 13.2 Å². The summed E-state index contributed by atoms with van der Waals surface area (Å²) in [5.41, 5.74) is -4.06. The molecule has 0 atom stereocenters. The van der Waals surface area contributed by atoms with E-state index < -0.39 is 58.5 Å². The molecule has 0 unspecified atom stereocenters. The third-order valence-electron chi connectivity index (χ3n) is 7.39. The first kappa shape index (κ1) is 31.4. The minimum absolute atomic E-state index is 0.0247. The number of carbonyl (C=O) groups excluding carboxylic acids is 2. The Hall–Kier alpha value is -3.10. The molecule has 1 heterocycles. The van der Waals surface area contributed by atoms with Crippen molar-refractivity contribution in [3.63, 3.8) is 0 Å². The van der Waals surface area contributed by atoms with Crippen LogP contribution in [0.25, 0.3) is 0 Å². The van der Waals surface area contributed by atoms with Gasteiger partial charge in [0, 0.05) is 6.54 Å². The summed E-state index contributed by atoms with van der Waals surface area (Å²) in [5.74, 6) is -2.78. The standard InChI is InChI=1S/C27H29Cl2F3N4O4/c1-25(2,15-33)11-12-35(14-20(37)21-18(28)5-4-6-19(21)29)23(38)17-13-34-36(22(17)27(30,31)32)16-7-9-26(3,10-8-16)24(39)40/h4-6,13,16H,7-12,14H2,1-3H3,(H,39,40)/t16-,26-. The maximum Gasteiger partial charge on any atom is 0.433 e. The van der Waals surface area contributed by atoms with Crippen LogP contribution in [0.5, 0.6) is 0 Å². The van der Waals surface area contributed by atoms with Crippen molar-refractivity contribution in [2.75, 3.05) is 13.1 Å². The lowest BCUT2D eigenvalue weighted by atomic mass is 9.74. The third kappa shape index (κ3) is 6.78. The highest BCUT2D eigenvalue weighted by molar-refractivity contribution is 6.40. The van der Waals surface area contributed by atoms with Crippen LogP contribution in [-0.4, -0.2) is 50.5 Å². The van der Waals surface area contributed by atoms with Gasteiger partial charge < -0.3 is 10.0 Å². The Morgan fingerprint density at radius 1 is 1.20 bits per heavy atom. The molecule has 0 aliphatic heterocycles. The molecule has 1 amide bonds. The van der Waals surface area contributed by atoms with Crippen molar-refractivity contribution in [1.82, 2.24) is 14.7 Å². The van der Waals surface area contributed by atoms with Crippen LogP contribution < -0.4 is 0 Å². The van der Waals surface area contributed by atoms with Gasteiger partial charge in [-0.05, 0) is 65.0 Å². The van der Waals surface area contributed by atoms with Crippen molar-refractivity contribution in [3.8, 4) is 6.07 Å². The monoisotopic (exact) mass is 600 g/mol. The van der Waals surface area contributed by atoms with Gasteiger partial charge in [0.1, 0.15) is 0 Å². The molecule has 13 heteroatoms. The average molecular weight is 601 g/mol. The Kier molecular flexibility index (Phi) is 9.26. The lowest BCUT2D eigenvalue weighted by Crippen LogP contribution is -2.39. The number of hydrogen-bond acceptors (Lipinski definition) is 5. The molecule has 1 aromatic carbocycles. The smallest absolute Gasteiger partial charge is 0.433 e. The highest BCUT2D eigenvalue weighted by atomic mass is 35.5. The van der Waals surface area contributed by atoms with E-state index in [2.05, 4.69) is 11.2 Å². The molecule has 0 saturated heterocycles. The molecule has 1 saturated carbocycles. The molecule has 1 aliphatic rings. The zero-order valence-corrected chi connectivity index (χ0v) is 23.7. The van der Waals surface area contributed by atoms with Crippen LogP contribution in [0.1, 0.15) is 85.3 Å². The third-order valence-corrected chi connectivity index (χ3v) is 8.02. The molecule has 40 heavy (non-hydrogen) atoms. The van der Waals surface area contributed by atoms with E-state index in [1.165, 1.54) is 18.2 Å². The zero-order chi connectivity index (χ0) is 30.0. The van der Waals surface area contributed by atoms with E-state index in [1.54, 1.807) is 20.8 Å². The molecule has 0 radical (unpaired) electrons. The molecule has 1 aromatic heterocycles. The fraction of sp³-hybridized carbons (Fsp3) is 0.519. The Morgan fingerprint density at radius 3 is 2.27 bits per heavy atom. The zero-order valence-electron chi connectivity index (χ0n) is 22.2. The lowest BCUT2D eigenvalue weighted by Gasteiger charge is -2.34. The van der Waals surface area contributed by atoms with E-state index in [0.29, 0.717) is 0 Å². The fourth-order valence-electron chi connectivity index (χ4n) is 4.69. The first-order chi connectivity index (χ1) is 18.5. The van der Waals surface area contributed by atoms with Crippen LogP contribution in [-0.2, 0) is 11.0 Å². The topological polar surface area (TPSA) is 116 Å². The Balaban J connectivity index is 1.99. The molecule has 3 rings (SSSR count). The summed E-state index contributed by atoms with van der Waals surface area (Å²) in [6.07, 6.45) is -3.51. The molecule has 2 aromatic rings. The van der Waals surface area contributed by atoms with E-state index in [0.717, 1.165) is 15.8 Å². The largest absolute Gasteiger partial charge is 0.481 e. The summed E-state index contributed by atoms with van der Waals surface area (Å²) in [7, 11) is 0. The van der Waals surface area contributed by atoms with Gasteiger partial charge in [0.05, 0.1) is 56.9 Å². The normalized spacial score (nSPS) is 19.6. The number of carboxylic acids is 1. The van der Waals surface area contributed by atoms with Gasteiger partial charge in [-0.25, -0.2) is 0 Å². The van der Waals surface area contributed by atoms with E-state index in [1.807, 2.05) is 0 Å². The molecule has 1 fully saturated rings. The number of alkyl halides is 3. The number of nitrogens with zero attached hydrogens (tertiary/aromatic N) is 4. The van der Waals surface area contributed by atoms with Crippen molar-refractivity contribution < 1.29 is 32.7 Å². The van der Waals surface area contributed by atoms with Crippen molar-refractivity contribution >= 4 is 40.9 Å². The van der Waals surface area contributed by atoms with Crippen molar-refractivity contribution in [1.29, 1.82) is 5.26 Å². The highest BCUT2D eigenvalue weighted by Gasteiger charge is 2.45. The molecule has 8 nitrogen and oxygen atoms in total. The number of carbonyl (C=O) groups is 3. The van der Waals surface area contributed by atoms with E-state index in [4.69, 9.17) is 23.2 Å². The number of benzene rings is 1. The van der Waals surface area contributed by atoms with Gasteiger partial charge in [-0.2, -0.15) is 23.5 Å². The Morgan fingerprint density at radius 2 is 1.77 bits per heavy atom. The molecule has 0 spiro atoms. The predicted molar refractivity (Wildman–Crippen MR) is 141 cm³/mol. The first-order valence-electron chi connectivity index (χ1n) is 12.6. The van der Waals surface area contributed by atoms with Crippen LogP contribution in [0, 0.1) is 22.2 Å². The number of halogens is 5. The number of carboxylic acid groups (broad SMARTS) is 1. The molecular weight excluding hydrogens is 572 g/mol. The van der Waals surface area contributed by atoms with Crippen molar-refractivity contribution in [2.24, 2.45) is 10.8 Å². The summed E-state index contributed by atoms with van der Waals surface area (Å²) in [6.45, 7) is 3.94. The average Bonchev–Trinajstić information content (AvgIpc) is 3.32. The van der Waals surface area contributed by atoms with Gasteiger partial charge in [0.2, 0.25) is 0 Å². The highest BCUT2D eigenvalue weighted by Crippen LogP contribution is 2.43. The molecule has 0 bridgehead atoms. The van der Waals surface area contributed by atoms with Crippen molar-refractivity contribution in [2.45, 2.75) is 65.1 Å². The second-order valence-corrected chi connectivity index (χ2v) is 11.8. The van der Waals surface area contributed by atoms with Gasteiger partial charge in [-0.3, -0.25) is 19.1 Å². The number of aromatic nitrogens is 2. The lowest BCUT2D eigenvalue weighted by molar-refractivity contribution is -0.152. The van der Waals surface area contributed by atoms with E-state index >= 15 is 0 Å². The predicted octanol–water partition coefficient (Wildman–Crippen LogP) is 6.68. The molecule has 1 aliphatic carbocycles. The minimum atomic E-state index is -4.97. The number of amides is 1. The number of aliphatic carboxylic acids is 1. The first-order valence-corrected chi connectivity index (χ1v) is 13.3. The SMILES string of the molecule is CC(C)(C#N)CCN(CC(=O)c1c(Cl)cccc1Cl)C(=O)c1cnn([C@H]2CC[C@](C)(C(=O)O)CC2)c1C(F)(F)F. The van der Waals surface area contributed by atoms with E-state index in [9.17, 15) is 37.9 Å². The summed E-state index contributed by atoms with van der Waals surface area (Å²) in [6, 6.07) is 5.69. The van der Waals surface area contributed by atoms with Crippen molar-refractivity contribution in [3.05, 3.63) is 51.3 Å². The van der Waals surface area contributed by atoms with Crippen LogP contribution in [0.15, 0.2) is 24.4 Å². The summed E-state index contributed by atoms with van der Waals surface area (Å²) < 4.78 is 43.9. The summed E-state index contributed by atoms with van der Waals surface area (Å²) >= 11 is 12.3. The summed E-state index contributed by atoms with van der Waals surface area (Å²) in [4.78, 5) is 39.3. The second kappa shape index (κ2) is 11.8. The number of hydrogen-bond donors (Lipinski definition) is 1. The van der Waals surface area contributed by atoms with Crippen LogP contribution in [0.2, 0.25) is 10.0 Å². The molecular formula is C27H29Cl2F3N4O4. The second-order valence-electron chi connectivity index (χ2n) is 10.9. The van der Waals surface area contributed by atoms with E-state index in [-0.39, 0.29) is 54.3 Å². The minimum Gasteiger partial charge on any atom is -0.481 e. The van der Waals surface area contributed by atoms with Gasteiger partial charge in [-0.1, -0.05) is 29.3 Å². The number of Topliss-reactive ketones (excluding diaryl/α,β-unsaturated/α-hetero) is 1. The number of rotatable bonds is 9. The fourth-order valence-corrected chi connectivity index (χ4v) is 5.29.